The molecule has 0 aromatic heterocycles. The van der Waals surface area contributed by atoms with E-state index in [-0.39, 0.29) is 10.8 Å². The first-order chi connectivity index (χ1) is 17.4. The number of rotatable bonds is 7. The van der Waals surface area contributed by atoms with E-state index < -0.39 is 11.9 Å². The number of benzene rings is 3. The van der Waals surface area contributed by atoms with Crippen LogP contribution in [-0.4, -0.2) is 36.2 Å². The smallest absolute Gasteiger partial charge is 0.150 e. The largest absolute Gasteiger partial charge is 0.508 e. The van der Waals surface area contributed by atoms with Gasteiger partial charge in [-0.2, -0.15) is 0 Å². The van der Waals surface area contributed by atoms with E-state index >= 15 is 0 Å². The van der Waals surface area contributed by atoms with E-state index in [4.69, 9.17) is 21.1 Å². The van der Waals surface area contributed by atoms with E-state index in [0.29, 0.717) is 12.4 Å². The standard InChI is InChI=1S/C30H31ClFNO3/c1-3-20-12-13-33(18-20)14-15-35-24-8-4-21(5-9-24)30-29(22-6-10-27(32)26(31)16-22)19(2)25-17-23(34)7-11-28(25)36-30/h4-11,16-17,20,30,34H,3,12-15,18H2,1-2H3/t20-,30?/m1/s1. The summed E-state index contributed by atoms with van der Waals surface area (Å²) in [6.07, 6.45) is 2.10. The number of fused-ring (bicyclic) bond motifs is 1. The molecule has 0 saturated carbocycles. The van der Waals surface area contributed by atoms with Gasteiger partial charge in [-0.05, 0) is 85.0 Å². The van der Waals surface area contributed by atoms with Crippen LogP contribution in [0.25, 0.3) is 11.1 Å². The topological polar surface area (TPSA) is 41.9 Å². The normalized spacial score (nSPS) is 19.8. The minimum absolute atomic E-state index is 0.0558. The lowest BCUT2D eigenvalue weighted by Gasteiger charge is -2.31. The number of halogens is 2. The van der Waals surface area contributed by atoms with Crippen LogP contribution in [0, 0.1) is 11.7 Å². The van der Waals surface area contributed by atoms with E-state index in [1.165, 1.54) is 25.5 Å². The molecule has 6 heteroatoms. The molecule has 0 bridgehead atoms. The molecule has 3 aromatic rings. The third-order valence-electron chi connectivity index (χ3n) is 7.32. The predicted octanol–water partition coefficient (Wildman–Crippen LogP) is 7.36. The first-order valence-electron chi connectivity index (χ1n) is 12.5. The summed E-state index contributed by atoms with van der Waals surface area (Å²) in [5, 5.41) is 10.1. The van der Waals surface area contributed by atoms with Gasteiger partial charge in [0.25, 0.3) is 0 Å². The number of hydrogen-bond acceptors (Lipinski definition) is 4. The lowest BCUT2D eigenvalue weighted by molar-refractivity contribution is 0.232. The molecule has 1 N–H and O–H groups in total. The van der Waals surface area contributed by atoms with Crippen LogP contribution in [0.15, 0.2) is 60.7 Å². The van der Waals surface area contributed by atoms with Gasteiger partial charge in [-0.15, -0.1) is 0 Å². The summed E-state index contributed by atoms with van der Waals surface area (Å²) in [6.45, 7) is 8.16. The molecule has 2 aliphatic rings. The van der Waals surface area contributed by atoms with Gasteiger partial charge in [0.15, 0.2) is 0 Å². The highest BCUT2D eigenvalue weighted by molar-refractivity contribution is 6.31. The van der Waals surface area contributed by atoms with Crippen molar-refractivity contribution in [2.75, 3.05) is 26.2 Å². The molecule has 3 aromatic carbocycles. The number of aromatic hydroxyl groups is 1. The zero-order valence-electron chi connectivity index (χ0n) is 20.6. The van der Waals surface area contributed by atoms with Crippen LogP contribution in [0.1, 0.15) is 49.5 Å². The van der Waals surface area contributed by atoms with E-state index in [2.05, 4.69) is 11.8 Å². The Hall–Kier alpha value is -3.02. The van der Waals surface area contributed by atoms with Crippen LogP contribution in [0.5, 0.6) is 17.2 Å². The highest BCUT2D eigenvalue weighted by Gasteiger charge is 2.30. The van der Waals surface area contributed by atoms with Crippen LogP contribution in [0.3, 0.4) is 0 Å². The van der Waals surface area contributed by atoms with Crippen molar-refractivity contribution in [1.29, 1.82) is 0 Å². The second-order valence-corrected chi connectivity index (χ2v) is 10.0. The first-order valence-corrected chi connectivity index (χ1v) is 12.9. The zero-order chi connectivity index (χ0) is 25.2. The number of phenols is 1. The third kappa shape index (κ3) is 5.09. The maximum absolute atomic E-state index is 13.9. The maximum Gasteiger partial charge on any atom is 0.150 e. The summed E-state index contributed by atoms with van der Waals surface area (Å²) in [5.74, 6) is 2.01. The molecule has 2 heterocycles. The summed E-state index contributed by atoms with van der Waals surface area (Å²) in [6, 6.07) is 17.7. The molecule has 0 amide bonds. The van der Waals surface area contributed by atoms with Gasteiger partial charge in [0.1, 0.15) is 35.8 Å². The van der Waals surface area contributed by atoms with Crippen molar-refractivity contribution in [2.24, 2.45) is 5.92 Å². The molecule has 1 unspecified atom stereocenters. The minimum atomic E-state index is -0.467. The SMILES string of the molecule is CC[C@@H]1CCN(CCOc2ccc(C3Oc4ccc(O)cc4C(C)=C3c3ccc(F)c(Cl)c3)cc2)C1. The van der Waals surface area contributed by atoms with E-state index in [0.717, 1.165) is 52.6 Å². The molecule has 2 atom stereocenters. The lowest BCUT2D eigenvalue weighted by Crippen LogP contribution is -2.26. The van der Waals surface area contributed by atoms with Crippen LogP contribution < -0.4 is 9.47 Å². The van der Waals surface area contributed by atoms with Crippen molar-refractivity contribution < 1.29 is 19.0 Å². The Balaban J connectivity index is 1.38. The number of nitrogens with zero attached hydrogens (tertiary/aromatic N) is 1. The van der Waals surface area contributed by atoms with Gasteiger partial charge in [0.05, 0.1) is 5.02 Å². The maximum atomic E-state index is 13.9. The van der Waals surface area contributed by atoms with Gasteiger partial charge in [0, 0.05) is 24.2 Å². The van der Waals surface area contributed by atoms with Crippen LogP contribution in [0.4, 0.5) is 4.39 Å². The Kier molecular flexibility index (Phi) is 7.22. The molecular formula is C30H31ClFNO3. The molecule has 0 radical (unpaired) electrons. The average molecular weight is 508 g/mol. The molecule has 1 fully saturated rings. The highest BCUT2D eigenvalue weighted by atomic mass is 35.5. The molecule has 0 aliphatic carbocycles. The second-order valence-electron chi connectivity index (χ2n) is 9.63. The molecule has 2 aliphatic heterocycles. The Morgan fingerprint density at radius 1 is 1.11 bits per heavy atom. The van der Waals surface area contributed by atoms with Crippen LogP contribution in [-0.2, 0) is 0 Å². The summed E-state index contributed by atoms with van der Waals surface area (Å²) < 4.78 is 26.4. The lowest BCUT2D eigenvalue weighted by atomic mass is 9.86. The van der Waals surface area contributed by atoms with Crippen molar-refractivity contribution in [3.8, 4) is 17.2 Å². The molecule has 4 nitrogen and oxygen atoms in total. The number of likely N-dealkylation sites (tertiary alicyclic amines) is 1. The molecule has 36 heavy (non-hydrogen) atoms. The third-order valence-corrected chi connectivity index (χ3v) is 7.60. The van der Waals surface area contributed by atoms with Crippen LogP contribution in [0.2, 0.25) is 5.02 Å². The average Bonchev–Trinajstić information content (AvgIpc) is 3.35. The zero-order valence-corrected chi connectivity index (χ0v) is 21.4. The Morgan fingerprint density at radius 3 is 2.64 bits per heavy atom. The van der Waals surface area contributed by atoms with Gasteiger partial charge < -0.3 is 14.6 Å². The molecule has 5 rings (SSSR count). The van der Waals surface area contributed by atoms with Gasteiger partial charge in [-0.1, -0.05) is 43.1 Å². The summed E-state index contributed by atoms with van der Waals surface area (Å²) in [7, 11) is 0. The number of ether oxygens (including phenoxy) is 2. The van der Waals surface area contributed by atoms with Crippen molar-refractivity contribution in [3.63, 3.8) is 0 Å². The molecule has 1 saturated heterocycles. The van der Waals surface area contributed by atoms with Gasteiger partial charge in [-0.3, -0.25) is 4.90 Å². The van der Waals surface area contributed by atoms with Gasteiger partial charge in [0.2, 0.25) is 0 Å². The summed E-state index contributed by atoms with van der Waals surface area (Å²) in [4.78, 5) is 2.47. The Labute approximate surface area is 216 Å². The van der Waals surface area contributed by atoms with E-state index in [9.17, 15) is 9.50 Å². The fourth-order valence-corrected chi connectivity index (χ4v) is 5.37. The fraction of sp³-hybridized carbons (Fsp3) is 0.333. The van der Waals surface area contributed by atoms with Crippen molar-refractivity contribution in [2.45, 2.75) is 32.8 Å². The monoisotopic (exact) mass is 507 g/mol. The Morgan fingerprint density at radius 2 is 1.92 bits per heavy atom. The molecular weight excluding hydrogens is 477 g/mol. The fourth-order valence-electron chi connectivity index (χ4n) is 5.19. The number of phenolic OH excluding ortho intramolecular Hbond substituents is 1. The predicted molar refractivity (Wildman–Crippen MR) is 142 cm³/mol. The van der Waals surface area contributed by atoms with Gasteiger partial charge >= 0.3 is 0 Å². The van der Waals surface area contributed by atoms with E-state index in [1.54, 1.807) is 30.3 Å². The summed E-state index contributed by atoms with van der Waals surface area (Å²) in [5.41, 5.74) is 4.34. The number of hydrogen-bond donors (Lipinski definition) is 1. The summed E-state index contributed by atoms with van der Waals surface area (Å²) >= 11 is 6.13. The van der Waals surface area contributed by atoms with Crippen molar-refractivity contribution in [1.82, 2.24) is 4.90 Å². The number of allylic oxidation sites excluding steroid dienone is 1. The second kappa shape index (κ2) is 10.5. The molecule has 188 valence electrons. The van der Waals surface area contributed by atoms with Gasteiger partial charge in [-0.25, -0.2) is 4.39 Å². The van der Waals surface area contributed by atoms with E-state index in [1.807, 2.05) is 31.2 Å². The van der Waals surface area contributed by atoms with Crippen molar-refractivity contribution >= 4 is 22.7 Å². The highest BCUT2D eigenvalue weighted by Crippen LogP contribution is 2.47. The first kappa shape index (κ1) is 24.7. The minimum Gasteiger partial charge on any atom is -0.508 e. The van der Waals surface area contributed by atoms with Crippen LogP contribution >= 0.6 is 11.6 Å². The van der Waals surface area contributed by atoms with Crippen molar-refractivity contribution in [3.05, 3.63) is 88.2 Å². The Bertz CT molecular complexity index is 1270. The molecule has 0 spiro atoms. The quantitative estimate of drug-likeness (QED) is 0.363.